The molecule has 0 aliphatic rings. The summed E-state index contributed by atoms with van der Waals surface area (Å²) >= 11 is 0. The van der Waals surface area contributed by atoms with Gasteiger partial charge in [0, 0.05) is 26.3 Å². The Bertz CT molecular complexity index is 923. The summed E-state index contributed by atoms with van der Waals surface area (Å²) in [5.74, 6) is -0.261. The summed E-state index contributed by atoms with van der Waals surface area (Å²) in [7, 11) is -2.56. The Morgan fingerprint density at radius 1 is 1.13 bits per heavy atom. The number of hydrogen-bond acceptors (Lipinski definition) is 6. The van der Waals surface area contributed by atoms with Crippen molar-refractivity contribution in [1.29, 1.82) is 0 Å². The van der Waals surface area contributed by atoms with Gasteiger partial charge in [0.25, 0.3) is 0 Å². The van der Waals surface area contributed by atoms with Crippen molar-refractivity contribution in [2.75, 3.05) is 26.5 Å². The summed E-state index contributed by atoms with van der Waals surface area (Å²) < 4.78 is 87.4. The first-order valence-electron chi connectivity index (χ1n) is 9.08. The standard InChI is InChI=1S/C19H23F4N3O4S/c1-29-12-16(30-17-8-7-15(20)10-25-17)11-24-9-13-3-5-14(6-4-13)18(19(21,22)23)26-31(2,27)28/h3-8,10,16,18,24,26H,9,11-12H2,1-2H3/t16-,18+/m1/s1. The number of hydrogen-bond donors (Lipinski definition) is 2. The molecule has 2 rings (SSSR count). The lowest BCUT2D eigenvalue weighted by molar-refractivity contribution is -0.153. The highest BCUT2D eigenvalue weighted by atomic mass is 32.2. The normalized spacial score (nSPS) is 14.3. The van der Waals surface area contributed by atoms with Crippen LogP contribution in [-0.2, 0) is 21.3 Å². The number of pyridine rings is 1. The van der Waals surface area contributed by atoms with E-state index in [0.717, 1.165) is 6.20 Å². The third-order valence-corrected chi connectivity index (χ3v) is 4.68. The molecule has 0 fully saturated rings. The smallest absolute Gasteiger partial charge is 0.408 e. The van der Waals surface area contributed by atoms with Gasteiger partial charge < -0.3 is 14.8 Å². The first kappa shape index (κ1) is 25.0. The van der Waals surface area contributed by atoms with Crippen LogP contribution in [-0.4, -0.2) is 52.2 Å². The fourth-order valence-corrected chi connectivity index (χ4v) is 3.36. The van der Waals surface area contributed by atoms with Crippen LogP contribution < -0.4 is 14.8 Å². The van der Waals surface area contributed by atoms with Crippen molar-refractivity contribution in [3.8, 4) is 5.88 Å². The van der Waals surface area contributed by atoms with Gasteiger partial charge in [-0.05, 0) is 17.2 Å². The van der Waals surface area contributed by atoms with Crippen LogP contribution in [0.3, 0.4) is 0 Å². The molecule has 7 nitrogen and oxygen atoms in total. The van der Waals surface area contributed by atoms with Gasteiger partial charge in [0.15, 0.2) is 0 Å². The number of nitrogens with zero attached hydrogens (tertiary/aromatic N) is 1. The molecule has 1 aromatic carbocycles. The van der Waals surface area contributed by atoms with E-state index in [-0.39, 0.29) is 18.1 Å². The molecule has 0 amide bonds. The van der Waals surface area contributed by atoms with Gasteiger partial charge in [0.2, 0.25) is 15.9 Å². The summed E-state index contributed by atoms with van der Waals surface area (Å²) in [6.45, 7) is 0.877. The van der Waals surface area contributed by atoms with Gasteiger partial charge in [0.05, 0.1) is 19.1 Å². The molecule has 2 N–H and O–H groups in total. The van der Waals surface area contributed by atoms with Gasteiger partial charge in [-0.3, -0.25) is 0 Å². The van der Waals surface area contributed by atoms with E-state index in [1.807, 2.05) is 0 Å². The number of benzene rings is 1. The number of ether oxygens (including phenoxy) is 2. The minimum absolute atomic E-state index is 0.218. The van der Waals surface area contributed by atoms with Crippen molar-refractivity contribution >= 4 is 10.0 Å². The number of rotatable bonds is 11. The predicted octanol–water partition coefficient (Wildman–Crippen LogP) is 2.56. The molecular weight excluding hydrogens is 442 g/mol. The summed E-state index contributed by atoms with van der Waals surface area (Å²) in [4.78, 5) is 3.82. The highest BCUT2D eigenvalue weighted by Crippen LogP contribution is 2.33. The first-order valence-corrected chi connectivity index (χ1v) is 11.0. The fourth-order valence-electron chi connectivity index (χ4n) is 2.67. The average Bonchev–Trinajstić information content (AvgIpc) is 2.67. The highest BCUT2D eigenvalue weighted by molar-refractivity contribution is 7.88. The molecule has 0 unspecified atom stereocenters. The largest absolute Gasteiger partial charge is 0.471 e. The van der Waals surface area contributed by atoms with Crippen molar-refractivity contribution in [3.05, 3.63) is 59.5 Å². The number of halogens is 4. The van der Waals surface area contributed by atoms with Crippen molar-refractivity contribution in [3.63, 3.8) is 0 Å². The van der Waals surface area contributed by atoms with Crippen molar-refractivity contribution in [2.45, 2.75) is 24.9 Å². The molecule has 2 atom stereocenters. The van der Waals surface area contributed by atoms with E-state index >= 15 is 0 Å². The van der Waals surface area contributed by atoms with Gasteiger partial charge in [-0.1, -0.05) is 24.3 Å². The van der Waals surface area contributed by atoms with E-state index in [4.69, 9.17) is 9.47 Å². The van der Waals surface area contributed by atoms with Crippen LogP contribution in [0.2, 0.25) is 0 Å². The lowest BCUT2D eigenvalue weighted by Gasteiger charge is -2.21. The molecule has 1 aromatic heterocycles. The summed E-state index contributed by atoms with van der Waals surface area (Å²) in [6, 6.07) is 5.66. The molecule has 0 spiro atoms. The van der Waals surface area contributed by atoms with E-state index in [1.165, 1.54) is 43.5 Å². The van der Waals surface area contributed by atoms with Gasteiger partial charge >= 0.3 is 6.18 Å². The molecule has 1 heterocycles. The zero-order valence-corrected chi connectivity index (χ0v) is 17.6. The monoisotopic (exact) mass is 465 g/mol. The zero-order valence-electron chi connectivity index (χ0n) is 16.8. The topological polar surface area (TPSA) is 89.6 Å². The third kappa shape index (κ3) is 8.77. The Hall–Kier alpha value is -2.28. The number of sulfonamides is 1. The lowest BCUT2D eigenvalue weighted by atomic mass is 10.1. The Labute approximate surface area is 177 Å². The predicted molar refractivity (Wildman–Crippen MR) is 105 cm³/mol. The highest BCUT2D eigenvalue weighted by Gasteiger charge is 2.42. The minimum Gasteiger partial charge on any atom is -0.471 e. The Morgan fingerprint density at radius 3 is 2.32 bits per heavy atom. The molecule has 172 valence electrons. The first-order chi connectivity index (χ1) is 14.5. The van der Waals surface area contributed by atoms with Gasteiger partial charge in [-0.2, -0.15) is 17.9 Å². The van der Waals surface area contributed by atoms with E-state index in [0.29, 0.717) is 24.9 Å². The quantitative estimate of drug-likeness (QED) is 0.496. The number of alkyl halides is 3. The molecule has 0 bridgehead atoms. The maximum atomic E-state index is 13.2. The van der Waals surface area contributed by atoms with Gasteiger partial charge in [0.1, 0.15) is 18.0 Å². The Kier molecular flexibility index (Phi) is 8.74. The Balaban J connectivity index is 1.96. The second-order valence-corrected chi connectivity index (χ2v) is 8.53. The maximum Gasteiger partial charge on any atom is 0.408 e. The third-order valence-electron chi connectivity index (χ3n) is 4.01. The second kappa shape index (κ2) is 10.8. The van der Waals surface area contributed by atoms with E-state index in [9.17, 15) is 26.0 Å². The average molecular weight is 465 g/mol. The second-order valence-electron chi connectivity index (χ2n) is 6.75. The van der Waals surface area contributed by atoms with Crippen LogP contribution in [0.25, 0.3) is 0 Å². The molecule has 0 aliphatic heterocycles. The van der Waals surface area contributed by atoms with Crippen LogP contribution in [0.15, 0.2) is 42.6 Å². The summed E-state index contributed by atoms with van der Waals surface area (Å²) in [6.07, 6.45) is -3.51. The van der Waals surface area contributed by atoms with Crippen LogP contribution in [0.1, 0.15) is 17.2 Å². The van der Waals surface area contributed by atoms with Crippen LogP contribution >= 0.6 is 0 Å². The molecule has 2 aromatic rings. The van der Waals surface area contributed by atoms with Crippen molar-refractivity contribution < 1.29 is 35.5 Å². The molecule has 0 saturated carbocycles. The fraction of sp³-hybridized carbons (Fsp3) is 0.421. The van der Waals surface area contributed by atoms with Gasteiger partial charge in [-0.25, -0.2) is 17.8 Å². The number of aromatic nitrogens is 1. The van der Waals surface area contributed by atoms with E-state index < -0.39 is 34.2 Å². The lowest BCUT2D eigenvalue weighted by Crippen LogP contribution is -2.37. The molecule has 31 heavy (non-hydrogen) atoms. The maximum absolute atomic E-state index is 13.2. The van der Waals surface area contributed by atoms with Crippen LogP contribution in [0.4, 0.5) is 17.6 Å². The van der Waals surface area contributed by atoms with E-state index in [1.54, 1.807) is 4.72 Å². The summed E-state index contributed by atoms with van der Waals surface area (Å²) in [5, 5.41) is 3.09. The van der Waals surface area contributed by atoms with Crippen LogP contribution in [0, 0.1) is 5.82 Å². The Morgan fingerprint density at radius 2 is 1.81 bits per heavy atom. The van der Waals surface area contributed by atoms with Crippen molar-refractivity contribution in [1.82, 2.24) is 15.0 Å². The molecule has 0 saturated heterocycles. The minimum atomic E-state index is -4.78. The van der Waals surface area contributed by atoms with Gasteiger partial charge in [-0.15, -0.1) is 0 Å². The zero-order chi connectivity index (χ0) is 23.1. The number of methoxy groups -OCH3 is 1. The van der Waals surface area contributed by atoms with Crippen LogP contribution in [0.5, 0.6) is 5.88 Å². The molecular formula is C19H23F4N3O4S. The van der Waals surface area contributed by atoms with E-state index in [2.05, 4.69) is 10.3 Å². The molecule has 12 heteroatoms. The van der Waals surface area contributed by atoms with Crippen molar-refractivity contribution in [2.24, 2.45) is 0 Å². The number of nitrogens with one attached hydrogen (secondary N) is 2. The summed E-state index contributed by atoms with van der Waals surface area (Å²) in [5.41, 5.74) is 0.463. The molecule has 0 aliphatic carbocycles. The SMILES string of the molecule is COC[C@@H](CNCc1ccc([C@H](NS(C)(=O)=O)C(F)(F)F)cc1)Oc1ccc(F)cn1. The molecule has 0 radical (unpaired) electrons.